The molecule has 0 radical (unpaired) electrons. The van der Waals surface area contributed by atoms with Gasteiger partial charge < -0.3 is 4.74 Å². The standard InChI is InChI=1S/C18H23ClN2O/c1-12(2)11-14-6-8-15(9-7-14)16-10-5-13(3)17(19)21-18(20-16)22-4/h6-9,12H,5,10-11H2,1-4H3/b17-13+,20-16?,21-18?. The molecule has 0 unspecified atom stereocenters. The molecule has 0 aliphatic carbocycles. The number of rotatable bonds is 3. The second kappa shape index (κ2) is 7.59. The van der Waals surface area contributed by atoms with Crippen LogP contribution in [0.5, 0.6) is 0 Å². The summed E-state index contributed by atoms with van der Waals surface area (Å²) in [6.45, 7) is 6.45. The molecule has 118 valence electrons. The second-order valence-corrected chi connectivity index (χ2v) is 6.38. The summed E-state index contributed by atoms with van der Waals surface area (Å²) in [4.78, 5) is 8.75. The zero-order valence-corrected chi connectivity index (χ0v) is 14.4. The third kappa shape index (κ3) is 4.44. The molecule has 1 heterocycles. The first-order valence-corrected chi connectivity index (χ1v) is 8.02. The van der Waals surface area contributed by atoms with Gasteiger partial charge in [0.2, 0.25) is 0 Å². The fourth-order valence-electron chi connectivity index (χ4n) is 2.39. The van der Waals surface area contributed by atoms with Gasteiger partial charge in [0.1, 0.15) is 5.16 Å². The van der Waals surface area contributed by atoms with Crippen LogP contribution in [0.25, 0.3) is 0 Å². The highest BCUT2D eigenvalue weighted by Crippen LogP contribution is 2.21. The molecule has 1 aliphatic rings. The number of halogens is 1. The molecule has 4 heteroatoms. The Morgan fingerprint density at radius 1 is 1.14 bits per heavy atom. The molecule has 0 saturated carbocycles. The van der Waals surface area contributed by atoms with Gasteiger partial charge in [0, 0.05) is 0 Å². The third-order valence-corrected chi connectivity index (χ3v) is 4.03. The number of nitrogens with zero attached hydrogens (tertiary/aromatic N) is 2. The van der Waals surface area contributed by atoms with Crippen molar-refractivity contribution in [2.75, 3.05) is 7.11 Å². The van der Waals surface area contributed by atoms with E-state index in [1.165, 1.54) is 5.56 Å². The number of hydrogen-bond donors (Lipinski definition) is 0. The summed E-state index contributed by atoms with van der Waals surface area (Å²) >= 11 is 6.12. The Morgan fingerprint density at radius 3 is 2.41 bits per heavy atom. The Labute approximate surface area is 137 Å². The van der Waals surface area contributed by atoms with Gasteiger partial charge in [-0.1, -0.05) is 49.7 Å². The van der Waals surface area contributed by atoms with Gasteiger partial charge in [0.05, 0.1) is 12.8 Å². The van der Waals surface area contributed by atoms with Crippen LogP contribution in [0.4, 0.5) is 0 Å². The number of methoxy groups -OCH3 is 1. The smallest absolute Gasteiger partial charge is 0.317 e. The van der Waals surface area contributed by atoms with E-state index in [0.29, 0.717) is 17.1 Å². The first-order chi connectivity index (χ1) is 10.5. The summed E-state index contributed by atoms with van der Waals surface area (Å²) in [5.41, 5.74) is 4.51. The largest absolute Gasteiger partial charge is 0.467 e. The summed E-state index contributed by atoms with van der Waals surface area (Å²) in [5.74, 6) is 0.659. The van der Waals surface area contributed by atoms with Crippen molar-refractivity contribution in [2.24, 2.45) is 15.9 Å². The second-order valence-electron chi connectivity index (χ2n) is 6.02. The average Bonchev–Trinajstić information content (AvgIpc) is 2.48. The highest BCUT2D eigenvalue weighted by Gasteiger charge is 2.12. The van der Waals surface area contributed by atoms with Gasteiger partial charge >= 0.3 is 6.02 Å². The maximum Gasteiger partial charge on any atom is 0.317 e. The van der Waals surface area contributed by atoms with Crippen LogP contribution in [0.15, 0.2) is 45.0 Å². The fourth-order valence-corrected chi connectivity index (χ4v) is 2.56. The van der Waals surface area contributed by atoms with Crippen LogP contribution in [0, 0.1) is 5.92 Å². The van der Waals surface area contributed by atoms with Crippen LogP contribution in [0.2, 0.25) is 0 Å². The minimum atomic E-state index is 0.310. The zero-order valence-electron chi connectivity index (χ0n) is 13.7. The zero-order chi connectivity index (χ0) is 16.1. The van der Waals surface area contributed by atoms with Gasteiger partial charge in [-0.3, -0.25) is 0 Å². The molecule has 1 aromatic rings. The van der Waals surface area contributed by atoms with Crippen LogP contribution in [0.1, 0.15) is 44.7 Å². The van der Waals surface area contributed by atoms with E-state index in [2.05, 4.69) is 48.1 Å². The molecule has 0 fully saturated rings. The number of ether oxygens (including phenoxy) is 1. The van der Waals surface area contributed by atoms with E-state index in [1.54, 1.807) is 7.11 Å². The molecular formula is C18H23ClN2O. The minimum absolute atomic E-state index is 0.310. The lowest BCUT2D eigenvalue weighted by Crippen LogP contribution is -2.10. The quantitative estimate of drug-likeness (QED) is 0.727. The Hall–Kier alpha value is -1.61. The van der Waals surface area contributed by atoms with E-state index in [1.807, 2.05) is 6.92 Å². The number of aliphatic imine (C=N–C) groups is 2. The van der Waals surface area contributed by atoms with Crippen molar-refractivity contribution in [2.45, 2.75) is 40.0 Å². The molecule has 0 aromatic heterocycles. The number of benzene rings is 1. The van der Waals surface area contributed by atoms with Crippen molar-refractivity contribution in [3.05, 3.63) is 46.1 Å². The molecule has 0 amide bonds. The summed E-state index contributed by atoms with van der Waals surface area (Å²) in [5, 5.41) is 0.479. The highest BCUT2D eigenvalue weighted by atomic mass is 35.5. The first-order valence-electron chi connectivity index (χ1n) is 7.64. The van der Waals surface area contributed by atoms with Crippen molar-refractivity contribution in [1.29, 1.82) is 0 Å². The molecule has 0 saturated heterocycles. The fraction of sp³-hybridized carbons (Fsp3) is 0.444. The van der Waals surface area contributed by atoms with E-state index < -0.39 is 0 Å². The monoisotopic (exact) mass is 318 g/mol. The van der Waals surface area contributed by atoms with Crippen molar-refractivity contribution in [3.63, 3.8) is 0 Å². The van der Waals surface area contributed by atoms with Crippen LogP contribution in [0.3, 0.4) is 0 Å². The average molecular weight is 319 g/mol. The predicted molar refractivity (Wildman–Crippen MR) is 93.8 cm³/mol. The number of allylic oxidation sites excluding steroid dienone is 1. The van der Waals surface area contributed by atoms with E-state index in [-0.39, 0.29) is 0 Å². The van der Waals surface area contributed by atoms with E-state index in [4.69, 9.17) is 16.3 Å². The predicted octanol–water partition coefficient (Wildman–Crippen LogP) is 4.94. The summed E-state index contributed by atoms with van der Waals surface area (Å²) in [6.07, 6.45) is 2.77. The minimum Gasteiger partial charge on any atom is -0.467 e. The highest BCUT2D eigenvalue weighted by molar-refractivity contribution is 6.30. The van der Waals surface area contributed by atoms with Gasteiger partial charge in [-0.15, -0.1) is 0 Å². The molecular weight excluding hydrogens is 296 g/mol. The number of amidine groups is 1. The van der Waals surface area contributed by atoms with Crippen LogP contribution < -0.4 is 0 Å². The van der Waals surface area contributed by atoms with E-state index in [0.717, 1.165) is 36.1 Å². The Kier molecular flexibility index (Phi) is 5.78. The Balaban J connectivity index is 2.28. The molecule has 3 nitrogen and oxygen atoms in total. The van der Waals surface area contributed by atoms with Crippen LogP contribution >= 0.6 is 11.6 Å². The molecule has 0 spiro atoms. The van der Waals surface area contributed by atoms with Gasteiger partial charge in [-0.2, -0.15) is 9.98 Å². The maximum absolute atomic E-state index is 6.12. The lowest BCUT2D eigenvalue weighted by molar-refractivity contribution is 0.396. The van der Waals surface area contributed by atoms with Crippen LogP contribution in [-0.4, -0.2) is 18.8 Å². The molecule has 1 aromatic carbocycles. The molecule has 0 atom stereocenters. The van der Waals surface area contributed by atoms with E-state index in [9.17, 15) is 0 Å². The summed E-state index contributed by atoms with van der Waals surface area (Å²) in [7, 11) is 1.56. The van der Waals surface area contributed by atoms with E-state index >= 15 is 0 Å². The van der Waals surface area contributed by atoms with Crippen molar-refractivity contribution in [1.82, 2.24) is 0 Å². The summed E-state index contributed by atoms with van der Waals surface area (Å²) < 4.78 is 5.22. The first kappa shape index (κ1) is 16.8. The maximum atomic E-state index is 6.12. The Bertz CT molecular complexity index is 612. The lowest BCUT2D eigenvalue weighted by Gasteiger charge is -2.13. The van der Waals surface area contributed by atoms with Crippen molar-refractivity contribution < 1.29 is 4.74 Å². The molecule has 1 aliphatic heterocycles. The van der Waals surface area contributed by atoms with Crippen LogP contribution in [-0.2, 0) is 11.2 Å². The normalized spacial score (nSPS) is 19.4. The molecule has 2 rings (SSSR count). The van der Waals surface area contributed by atoms with Gasteiger partial charge in [0.15, 0.2) is 0 Å². The SMILES string of the molecule is COC1=N/C(Cl)=C(\C)CCC(c2ccc(CC(C)C)cc2)=N1. The third-order valence-electron chi connectivity index (χ3n) is 3.63. The lowest BCUT2D eigenvalue weighted by atomic mass is 9.98. The molecule has 0 bridgehead atoms. The Morgan fingerprint density at radius 2 is 1.82 bits per heavy atom. The molecule has 0 N–H and O–H groups in total. The van der Waals surface area contributed by atoms with Crippen molar-refractivity contribution in [3.8, 4) is 0 Å². The van der Waals surface area contributed by atoms with Gasteiger partial charge in [-0.25, -0.2) is 0 Å². The van der Waals surface area contributed by atoms with Gasteiger partial charge in [-0.05, 0) is 48.8 Å². The number of hydrogen-bond acceptors (Lipinski definition) is 3. The summed E-state index contributed by atoms with van der Waals surface area (Å²) in [6, 6.07) is 8.93. The topological polar surface area (TPSA) is 34.0 Å². The van der Waals surface area contributed by atoms with Crippen molar-refractivity contribution >= 4 is 23.3 Å². The molecule has 22 heavy (non-hydrogen) atoms. The van der Waals surface area contributed by atoms with Gasteiger partial charge in [0.25, 0.3) is 0 Å².